The second-order valence-electron chi connectivity index (χ2n) is 6.21. The molecule has 4 nitrogen and oxygen atoms in total. The van der Waals surface area contributed by atoms with Gasteiger partial charge in [-0.15, -0.1) is 0 Å². The largest absolute Gasteiger partial charge is 0.488 e. The fraction of sp³-hybridized carbons (Fsp3) is 0.625. The molecule has 0 bridgehead atoms. The van der Waals surface area contributed by atoms with E-state index in [1.54, 1.807) is 6.07 Å². The number of nitrogens with zero attached hydrogens (tertiary/aromatic N) is 2. The quantitative estimate of drug-likeness (QED) is 0.867. The van der Waals surface area contributed by atoms with Crippen LogP contribution in [0.15, 0.2) is 12.1 Å². The molecule has 0 aliphatic carbocycles. The average molecular weight is 295 g/mol. The van der Waals surface area contributed by atoms with Crippen molar-refractivity contribution in [2.45, 2.75) is 38.8 Å². The number of hydrogen-bond donors (Lipinski definition) is 1. The van der Waals surface area contributed by atoms with E-state index in [1.165, 1.54) is 12.5 Å². The lowest BCUT2D eigenvalue weighted by Crippen LogP contribution is -2.45. The standard InChI is InChI=1S/C16H26FN3O/c1-11(2)21-16-9-15(14(18)8-13(16)17)20-7-5-6-12(10-20)19(3)4/h8-9,11-12H,5-7,10,18H2,1-4H3. The van der Waals surface area contributed by atoms with Crippen LogP contribution in [0.25, 0.3) is 0 Å². The molecule has 1 heterocycles. The minimum absolute atomic E-state index is 0.0631. The Balaban J connectivity index is 2.25. The highest BCUT2D eigenvalue weighted by atomic mass is 19.1. The number of rotatable bonds is 4. The molecule has 1 aliphatic heterocycles. The van der Waals surface area contributed by atoms with Crippen LogP contribution in [0.4, 0.5) is 15.8 Å². The number of hydrogen-bond acceptors (Lipinski definition) is 4. The van der Waals surface area contributed by atoms with Crippen LogP contribution in [-0.4, -0.2) is 44.2 Å². The van der Waals surface area contributed by atoms with Crippen molar-refractivity contribution in [2.75, 3.05) is 37.8 Å². The predicted octanol–water partition coefficient (Wildman–Crippen LogP) is 2.73. The van der Waals surface area contributed by atoms with Crippen LogP contribution in [0.5, 0.6) is 5.75 Å². The Labute approximate surface area is 126 Å². The van der Waals surface area contributed by atoms with Crippen molar-refractivity contribution in [3.8, 4) is 5.75 Å². The van der Waals surface area contributed by atoms with E-state index in [2.05, 4.69) is 23.9 Å². The third kappa shape index (κ3) is 3.79. The highest BCUT2D eigenvalue weighted by molar-refractivity contribution is 5.70. The van der Waals surface area contributed by atoms with E-state index >= 15 is 0 Å². The van der Waals surface area contributed by atoms with Crippen LogP contribution in [-0.2, 0) is 0 Å². The zero-order valence-electron chi connectivity index (χ0n) is 13.4. The number of likely N-dealkylation sites (N-methyl/N-ethyl adjacent to an activating group) is 1. The minimum atomic E-state index is -0.397. The molecule has 2 rings (SSSR count). The van der Waals surface area contributed by atoms with Crippen molar-refractivity contribution < 1.29 is 9.13 Å². The summed E-state index contributed by atoms with van der Waals surface area (Å²) < 4.78 is 19.5. The zero-order chi connectivity index (χ0) is 15.6. The Hall–Kier alpha value is -1.49. The van der Waals surface area contributed by atoms with Crippen LogP contribution in [0, 0.1) is 5.82 Å². The maximum atomic E-state index is 13.9. The summed E-state index contributed by atoms with van der Waals surface area (Å²) in [5.41, 5.74) is 7.37. The van der Waals surface area contributed by atoms with Crippen LogP contribution >= 0.6 is 0 Å². The van der Waals surface area contributed by atoms with Crippen LogP contribution < -0.4 is 15.4 Å². The molecule has 1 aromatic rings. The van der Waals surface area contributed by atoms with E-state index in [1.807, 2.05) is 13.8 Å². The molecule has 1 unspecified atom stereocenters. The van der Waals surface area contributed by atoms with Gasteiger partial charge in [0.05, 0.1) is 17.5 Å². The molecule has 21 heavy (non-hydrogen) atoms. The summed E-state index contributed by atoms with van der Waals surface area (Å²) in [7, 11) is 4.19. The Morgan fingerprint density at radius 2 is 2.10 bits per heavy atom. The Morgan fingerprint density at radius 1 is 1.38 bits per heavy atom. The molecular weight excluding hydrogens is 269 g/mol. The summed E-state index contributed by atoms with van der Waals surface area (Å²) in [6.07, 6.45) is 2.23. The van der Waals surface area contributed by atoms with E-state index < -0.39 is 5.82 Å². The number of nitrogens with two attached hydrogens (primary N) is 1. The van der Waals surface area contributed by atoms with Gasteiger partial charge in [0.15, 0.2) is 11.6 Å². The fourth-order valence-electron chi connectivity index (χ4n) is 2.77. The second kappa shape index (κ2) is 6.52. The summed E-state index contributed by atoms with van der Waals surface area (Å²) in [5.74, 6) is -0.118. The second-order valence-corrected chi connectivity index (χ2v) is 6.21. The van der Waals surface area contributed by atoms with Gasteiger partial charge in [-0.3, -0.25) is 0 Å². The van der Waals surface area contributed by atoms with Gasteiger partial charge in [-0.2, -0.15) is 0 Å². The van der Waals surface area contributed by atoms with E-state index in [4.69, 9.17) is 10.5 Å². The smallest absolute Gasteiger partial charge is 0.167 e. The number of halogens is 1. The Kier molecular flexibility index (Phi) is 4.93. The molecule has 0 amide bonds. The van der Waals surface area contributed by atoms with Gasteiger partial charge in [0.25, 0.3) is 0 Å². The number of ether oxygens (including phenoxy) is 1. The van der Waals surface area contributed by atoms with Crippen LogP contribution in [0.3, 0.4) is 0 Å². The number of piperidine rings is 1. The van der Waals surface area contributed by atoms with Crippen LogP contribution in [0.1, 0.15) is 26.7 Å². The molecular formula is C16H26FN3O. The van der Waals surface area contributed by atoms with Crippen molar-refractivity contribution in [3.05, 3.63) is 17.9 Å². The molecule has 1 aromatic carbocycles. The third-order valence-electron chi connectivity index (χ3n) is 3.91. The Morgan fingerprint density at radius 3 is 2.71 bits per heavy atom. The predicted molar refractivity (Wildman–Crippen MR) is 85.5 cm³/mol. The van der Waals surface area contributed by atoms with Crippen molar-refractivity contribution in [1.29, 1.82) is 0 Å². The highest BCUT2D eigenvalue weighted by Gasteiger charge is 2.24. The maximum Gasteiger partial charge on any atom is 0.167 e. The normalized spacial score (nSPS) is 19.4. The van der Waals surface area contributed by atoms with E-state index in [0.717, 1.165) is 25.2 Å². The van der Waals surface area contributed by atoms with Gasteiger partial charge in [0.1, 0.15) is 0 Å². The first-order valence-corrected chi connectivity index (χ1v) is 7.55. The summed E-state index contributed by atoms with van der Waals surface area (Å²) >= 11 is 0. The lowest BCUT2D eigenvalue weighted by Gasteiger charge is -2.38. The summed E-state index contributed by atoms with van der Waals surface area (Å²) in [6, 6.07) is 3.60. The van der Waals surface area contributed by atoms with E-state index in [9.17, 15) is 4.39 Å². The SMILES string of the molecule is CC(C)Oc1cc(N2CCCC(N(C)C)C2)c(N)cc1F. The molecule has 1 saturated heterocycles. The summed E-state index contributed by atoms with van der Waals surface area (Å²) in [5, 5.41) is 0. The van der Waals surface area contributed by atoms with Crippen molar-refractivity contribution >= 4 is 11.4 Å². The van der Waals surface area contributed by atoms with Crippen molar-refractivity contribution in [2.24, 2.45) is 0 Å². The molecule has 0 aromatic heterocycles. The first-order chi connectivity index (χ1) is 9.88. The maximum absolute atomic E-state index is 13.9. The number of nitrogen functional groups attached to an aromatic ring is 1. The molecule has 5 heteroatoms. The molecule has 0 saturated carbocycles. The molecule has 1 atom stereocenters. The Bertz CT molecular complexity index is 491. The topological polar surface area (TPSA) is 41.7 Å². The lowest BCUT2D eigenvalue weighted by atomic mass is 10.0. The summed E-state index contributed by atoms with van der Waals surface area (Å²) in [4.78, 5) is 4.47. The molecule has 0 spiro atoms. The van der Waals surface area contributed by atoms with Gasteiger partial charge in [0.2, 0.25) is 0 Å². The minimum Gasteiger partial charge on any atom is -0.488 e. The monoisotopic (exact) mass is 295 g/mol. The van der Waals surface area contributed by atoms with Gasteiger partial charge in [-0.1, -0.05) is 0 Å². The molecule has 1 aliphatic rings. The van der Waals surface area contributed by atoms with Gasteiger partial charge in [-0.25, -0.2) is 4.39 Å². The first-order valence-electron chi connectivity index (χ1n) is 7.55. The first kappa shape index (κ1) is 15.9. The van der Waals surface area contributed by atoms with Crippen molar-refractivity contribution in [1.82, 2.24) is 4.90 Å². The number of anilines is 2. The van der Waals surface area contributed by atoms with Crippen LogP contribution in [0.2, 0.25) is 0 Å². The van der Waals surface area contributed by atoms with Crippen molar-refractivity contribution in [3.63, 3.8) is 0 Å². The molecule has 2 N–H and O–H groups in total. The number of benzene rings is 1. The van der Waals surface area contributed by atoms with Gasteiger partial charge in [-0.05, 0) is 40.8 Å². The highest BCUT2D eigenvalue weighted by Crippen LogP contribution is 2.33. The van der Waals surface area contributed by atoms with Gasteiger partial charge < -0.3 is 20.3 Å². The van der Waals surface area contributed by atoms with Gasteiger partial charge in [0, 0.05) is 31.3 Å². The lowest BCUT2D eigenvalue weighted by molar-refractivity contribution is 0.231. The summed E-state index contributed by atoms with van der Waals surface area (Å²) in [6.45, 7) is 5.63. The molecule has 0 radical (unpaired) electrons. The zero-order valence-corrected chi connectivity index (χ0v) is 13.4. The van der Waals surface area contributed by atoms with E-state index in [0.29, 0.717) is 11.7 Å². The molecule has 1 fully saturated rings. The van der Waals surface area contributed by atoms with Gasteiger partial charge >= 0.3 is 0 Å². The average Bonchev–Trinajstić information content (AvgIpc) is 2.41. The molecule has 118 valence electrons. The fourth-order valence-corrected chi connectivity index (χ4v) is 2.77. The third-order valence-corrected chi connectivity index (χ3v) is 3.91. The van der Waals surface area contributed by atoms with E-state index in [-0.39, 0.29) is 11.9 Å².